The second-order valence-corrected chi connectivity index (χ2v) is 11.5. The first-order valence-corrected chi connectivity index (χ1v) is 14.4. The molecule has 2 aliphatic heterocycles. The van der Waals surface area contributed by atoms with Crippen molar-refractivity contribution in [2.45, 2.75) is 49.9 Å². The van der Waals surface area contributed by atoms with Crippen molar-refractivity contribution in [3.8, 4) is 0 Å². The summed E-state index contributed by atoms with van der Waals surface area (Å²) in [5, 5.41) is 6.37. The van der Waals surface area contributed by atoms with Gasteiger partial charge in [0.25, 0.3) is 0 Å². The SMILES string of the molecule is Cl.O=C(NCC1CCNCC1)[C@@H]1CCCN1C(=O)[C@@H](Cc1ccccc1)NS(=O)(=O)Cc1ccccc1. The number of nitrogens with zero attached hydrogens (tertiary/aromatic N) is 1. The van der Waals surface area contributed by atoms with Crippen LogP contribution in [0.15, 0.2) is 60.7 Å². The van der Waals surface area contributed by atoms with Gasteiger partial charge in [-0.15, -0.1) is 12.4 Å². The summed E-state index contributed by atoms with van der Waals surface area (Å²) in [7, 11) is -3.79. The molecule has 2 aromatic rings. The zero-order valence-electron chi connectivity index (χ0n) is 21.0. The van der Waals surface area contributed by atoms with E-state index in [1.165, 1.54) is 0 Å². The summed E-state index contributed by atoms with van der Waals surface area (Å²) in [4.78, 5) is 28.3. The maximum Gasteiger partial charge on any atom is 0.242 e. The number of likely N-dealkylation sites (tertiary alicyclic amines) is 1. The molecule has 3 N–H and O–H groups in total. The van der Waals surface area contributed by atoms with Crippen molar-refractivity contribution in [3.05, 3.63) is 71.8 Å². The minimum absolute atomic E-state index is 0. The molecule has 0 saturated carbocycles. The topological polar surface area (TPSA) is 108 Å². The zero-order chi connectivity index (χ0) is 25.4. The van der Waals surface area contributed by atoms with Gasteiger partial charge in [0.05, 0.1) is 5.75 Å². The Kier molecular flexibility index (Phi) is 10.9. The van der Waals surface area contributed by atoms with E-state index < -0.39 is 22.1 Å². The van der Waals surface area contributed by atoms with Gasteiger partial charge in [0.2, 0.25) is 21.8 Å². The number of hydrogen-bond acceptors (Lipinski definition) is 5. The van der Waals surface area contributed by atoms with Crippen LogP contribution in [0.3, 0.4) is 0 Å². The van der Waals surface area contributed by atoms with Crippen LogP contribution in [0.2, 0.25) is 0 Å². The second-order valence-electron chi connectivity index (χ2n) is 9.73. The highest BCUT2D eigenvalue weighted by molar-refractivity contribution is 7.88. The molecule has 0 bridgehead atoms. The Morgan fingerprint density at radius 1 is 0.946 bits per heavy atom. The average molecular weight is 549 g/mol. The lowest BCUT2D eigenvalue weighted by atomic mass is 9.98. The number of nitrogens with one attached hydrogen (secondary N) is 3. The quantitative estimate of drug-likeness (QED) is 0.422. The van der Waals surface area contributed by atoms with Crippen molar-refractivity contribution in [2.75, 3.05) is 26.2 Å². The van der Waals surface area contributed by atoms with Gasteiger partial charge < -0.3 is 15.5 Å². The predicted octanol–water partition coefficient (Wildman–Crippen LogP) is 2.25. The summed E-state index contributed by atoms with van der Waals surface area (Å²) >= 11 is 0. The molecule has 0 aromatic heterocycles. The minimum atomic E-state index is -3.79. The number of halogens is 1. The molecule has 2 aliphatic rings. The summed E-state index contributed by atoms with van der Waals surface area (Å²) in [5.41, 5.74) is 1.50. The lowest BCUT2D eigenvalue weighted by Gasteiger charge is -2.29. The molecule has 4 rings (SSSR count). The third-order valence-electron chi connectivity index (χ3n) is 6.96. The molecule has 202 valence electrons. The number of benzene rings is 2. The Morgan fingerprint density at radius 3 is 2.22 bits per heavy atom. The number of carbonyl (C=O) groups excluding carboxylic acids is 2. The summed E-state index contributed by atoms with van der Waals surface area (Å²) < 4.78 is 28.7. The van der Waals surface area contributed by atoms with Crippen LogP contribution in [-0.2, 0) is 31.8 Å². The van der Waals surface area contributed by atoms with E-state index in [4.69, 9.17) is 0 Å². The predicted molar refractivity (Wildman–Crippen MR) is 147 cm³/mol. The molecular weight excluding hydrogens is 512 g/mol. The molecule has 0 aliphatic carbocycles. The highest BCUT2D eigenvalue weighted by atomic mass is 35.5. The molecule has 0 radical (unpaired) electrons. The van der Waals surface area contributed by atoms with Gasteiger partial charge in [-0.25, -0.2) is 13.1 Å². The highest BCUT2D eigenvalue weighted by Crippen LogP contribution is 2.21. The van der Waals surface area contributed by atoms with Gasteiger partial charge in [-0.05, 0) is 62.2 Å². The van der Waals surface area contributed by atoms with Gasteiger partial charge in [-0.3, -0.25) is 9.59 Å². The van der Waals surface area contributed by atoms with E-state index in [9.17, 15) is 18.0 Å². The molecule has 2 amide bonds. The van der Waals surface area contributed by atoms with Crippen molar-refractivity contribution in [3.63, 3.8) is 0 Å². The Labute approximate surface area is 226 Å². The van der Waals surface area contributed by atoms with Crippen LogP contribution in [0.25, 0.3) is 0 Å². The fourth-order valence-electron chi connectivity index (χ4n) is 5.03. The molecule has 2 saturated heterocycles. The van der Waals surface area contributed by atoms with E-state index in [1.54, 1.807) is 29.2 Å². The molecule has 10 heteroatoms. The van der Waals surface area contributed by atoms with Crippen LogP contribution >= 0.6 is 12.4 Å². The Morgan fingerprint density at radius 2 is 1.57 bits per heavy atom. The maximum absolute atomic E-state index is 13.7. The van der Waals surface area contributed by atoms with Gasteiger partial charge in [0.15, 0.2) is 0 Å². The fourth-order valence-corrected chi connectivity index (χ4v) is 6.37. The van der Waals surface area contributed by atoms with E-state index in [1.807, 2.05) is 36.4 Å². The Hall–Kier alpha value is -2.46. The normalized spacial score (nSPS) is 19.1. The maximum atomic E-state index is 13.7. The molecular formula is C27H37ClN4O4S. The molecule has 2 fully saturated rings. The Bertz CT molecular complexity index is 1110. The number of amides is 2. The standard InChI is InChI=1S/C27H36N4O4S.ClH/c32-26(29-19-22-13-15-28-16-14-22)25-12-7-17-31(25)27(33)24(18-21-8-3-1-4-9-21)30-36(34,35)20-23-10-5-2-6-11-23;/h1-6,8-11,22,24-25,28,30H,7,12-20H2,(H,29,32);1H/t24-,25+;/m1./s1. The molecule has 0 spiro atoms. The van der Waals surface area contributed by atoms with Gasteiger partial charge in [0, 0.05) is 13.1 Å². The number of sulfonamides is 1. The number of carbonyl (C=O) groups is 2. The molecule has 2 atom stereocenters. The van der Waals surface area contributed by atoms with E-state index in [0.717, 1.165) is 31.5 Å². The van der Waals surface area contributed by atoms with Gasteiger partial charge >= 0.3 is 0 Å². The van der Waals surface area contributed by atoms with Gasteiger partial charge in [-0.2, -0.15) is 0 Å². The van der Waals surface area contributed by atoms with Crippen molar-refractivity contribution in [1.82, 2.24) is 20.3 Å². The van der Waals surface area contributed by atoms with Gasteiger partial charge in [-0.1, -0.05) is 60.7 Å². The fraction of sp³-hybridized carbons (Fsp3) is 0.481. The first-order valence-electron chi connectivity index (χ1n) is 12.8. The van der Waals surface area contributed by atoms with Crippen LogP contribution in [0, 0.1) is 5.92 Å². The van der Waals surface area contributed by atoms with Crippen LogP contribution in [-0.4, -0.2) is 63.4 Å². The molecule has 37 heavy (non-hydrogen) atoms. The van der Waals surface area contributed by atoms with Crippen LogP contribution in [0.4, 0.5) is 0 Å². The number of piperidine rings is 1. The first kappa shape index (κ1) is 29.1. The summed E-state index contributed by atoms with van der Waals surface area (Å²) in [6.45, 7) is 2.96. The lowest BCUT2D eigenvalue weighted by molar-refractivity contribution is -0.139. The van der Waals surface area contributed by atoms with E-state index in [2.05, 4.69) is 15.4 Å². The van der Waals surface area contributed by atoms with E-state index in [-0.39, 0.29) is 36.4 Å². The largest absolute Gasteiger partial charge is 0.354 e. The zero-order valence-corrected chi connectivity index (χ0v) is 22.6. The Balaban J connectivity index is 0.00000380. The van der Waals surface area contributed by atoms with Crippen molar-refractivity contribution in [2.24, 2.45) is 5.92 Å². The summed E-state index contributed by atoms with van der Waals surface area (Å²) in [5.74, 6) is -0.275. The van der Waals surface area contributed by atoms with Crippen molar-refractivity contribution >= 4 is 34.2 Å². The highest BCUT2D eigenvalue weighted by Gasteiger charge is 2.38. The minimum Gasteiger partial charge on any atom is -0.354 e. The van der Waals surface area contributed by atoms with E-state index in [0.29, 0.717) is 37.4 Å². The smallest absolute Gasteiger partial charge is 0.242 e. The van der Waals surface area contributed by atoms with Crippen LogP contribution in [0.1, 0.15) is 36.8 Å². The average Bonchev–Trinajstić information content (AvgIpc) is 3.38. The number of rotatable bonds is 10. The second kappa shape index (κ2) is 13.9. The monoisotopic (exact) mass is 548 g/mol. The van der Waals surface area contributed by atoms with E-state index >= 15 is 0 Å². The lowest BCUT2D eigenvalue weighted by Crippen LogP contribution is -2.54. The van der Waals surface area contributed by atoms with Crippen LogP contribution in [0.5, 0.6) is 0 Å². The van der Waals surface area contributed by atoms with Crippen LogP contribution < -0.4 is 15.4 Å². The third-order valence-corrected chi connectivity index (χ3v) is 8.32. The number of hydrogen-bond donors (Lipinski definition) is 3. The van der Waals surface area contributed by atoms with Gasteiger partial charge in [0.1, 0.15) is 12.1 Å². The van der Waals surface area contributed by atoms with Crippen molar-refractivity contribution < 1.29 is 18.0 Å². The first-order chi connectivity index (χ1) is 17.4. The summed E-state index contributed by atoms with van der Waals surface area (Å²) in [6.07, 6.45) is 3.56. The van der Waals surface area contributed by atoms with Crippen molar-refractivity contribution in [1.29, 1.82) is 0 Å². The molecule has 2 aromatic carbocycles. The molecule has 2 heterocycles. The molecule has 8 nitrogen and oxygen atoms in total. The molecule has 0 unspecified atom stereocenters. The summed E-state index contributed by atoms with van der Waals surface area (Å²) in [6, 6.07) is 16.7. The third kappa shape index (κ3) is 8.53.